The lowest BCUT2D eigenvalue weighted by atomic mass is 10.0. The Bertz CT molecular complexity index is 730. The Morgan fingerprint density at radius 3 is 3.20 bits per heavy atom. The van der Waals surface area contributed by atoms with Crippen LogP contribution in [0.4, 0.5) is 0 Å². The molecule has 1 aliphatic heterocycles. The fourth-order valence-electron chi connectivity index (χ4n) is 2.50. The number of pyridine rings is 1. The fraction of sp³-hybridized carbons (Fsp3) is 0.278. The van der Waals surface area contributed by atoms with Gasteiger partial charge >= 0.3 is 0 Å². The molecule has 5 nitrogen and oxygen atoms in total. The number of thiocarbonyl (C=S) groups is 1. The van der Waals surface area contributed by atoms with Gasteiger partial charge in [0.05, 0.1) is 11.6 Å². The molecule has 130 valence electrons. The van der Waals surface area contributed by atoms with Crippen LogP contribution in [0.3, 0.4) is 0 Å². The van der Waals surface area contributed by atoms with E-state index >= 15 is 0 Å². The predicted molar refractivity (Wildman–Crippen MR) is 104 cm³/mol. The third-order valence-electron chi connectivity index (χ3n) is 3.77. The fourth-order valence-corrected chi connectivity index (χ4v) is 2.91. The summed E-state index contributed by atoms with van der Waals surface area (Å²) in [5.41, 5.74) is 4.88. The zero-order chi connectivity index (χ0) is 17.5. The van der Waals surface area contributed by atoms with E-state index in [1.807, 2.05) is 24.3 Å². The first-order chi connectivity index (χ1) is 12.2. The third kappa shape index (κ3) is 5.14. The Morgan fingerprint density at radius 2 is 2.40 bits per heavy atom. The molecule has 0 saturated heterocycles. The molecule has 0 bridgehead atoms. The van der Waals surface area contributed by atoms with Crippen LogP contribution in [-0.4, -0.2) is 27.8 Å². The Hall–Kier alpha value is -2.18. The second-order valence-corrected chi connectivity index (χ2v) is 6.58. The molecular weight excluding hydrogens is 356 g/mol. The number of nitrogens with one attached hydrogen (secondary N) is 2. The molecule has 0 saturated carbocycles. The van der Waals surface area contributed by atoms with Gasteiger partial charge in [-0.1, -0.05) is 24.3 Å². The standard InChI is InChI=1S/C18H19ClN4OS/c19-16-6-2-1-5-15(16)17-8-7-14(24-17)12-22-23-18(25)21-11-13-4-3-9-20-10-13/h1-5,8-10,12,14,16H,6-7,11H2,(H2,21,23,25)/b22-12+. The highest BCUT2D eigenvalue weighted by atomic mass is 35.5. The number of nitrogens with zero attached hydrogens (tertiary/aromatic N) is 2. The van der Waals surface area contributed by atoms with E-state index in [2.05, 4.69) is 33.0 Å². The van der Waals surface area contributed by atoms with Crippen LogP contribution in [0.2, 0.25) is 0 Å². The summed E-state index contributed by atoms with van der Waals surface area (Å²) in [6.07, 6.45) is 14.8. The average molecular weight is 375 g/mol. The number of hydrazone groups is 1. The summed E-state index contributed by atoms with van der Waals surface area (Å²) >= 11 is 11.5. The molecule has 0 fully saturated rings. The molecular formula is C18H19ClN4OS. The molecule has 1 aliphatic carbocycles. The van der Waals surface area contributed by atoms with Crippen molar-refractivity contribution in [2.24, 2.45) is 5.10 Å². The van der Waals surface area contributed by atoms with E-state index < -0.39 is 0 Å². The van der Waals surface area contributed by atoms with E-state index in [4.69, 9.17) is 28.6 Å². The number of rotatable bonds is 5. The third-order valence-corrected chi connectivity index (χ3v) is 4.42. The van der Waals surface area contributed by atoms with Crippen molar-refractivity contribution >= 4 is 35.1 Å². The minimum absolute atomic E-state index is 0.0330. The van der Waals surface area contributed by atoms with Crippen LogP contribution < -0.4 is 10.7 Å². The molecule has 1 aromatic rings. The van der Waals surface area contributed by atoms with Gasteiger partial charge in [0.2, 0.25) is 0 Å². The van der Waals surface area contributed by atoms with Gasteiger partial charge < -0.3 is 10.1 Å². The normalized spacial score (nSPS) is 22.3. The Kier molecular flexibility index (Phi) is 6.19. The van der Waals surface area contributed by atoms with Gasteiger partial charge in [-0.3, -0.25) is 10.4 Å². The maximum atomic E-state index is 6.33. The number of aromatic nitrogens is 1. The van der Waals surface area contributed by atoms with Crippen molar-refractivity contribution in [3.05, 3.63) is 65.7 Å². The van der Waals surface area contributed by atoms with Crippen LogP contribution >= 0.6 is 23.8 Å². The van der Waals surface area contributed by atoms with Gasteiger partial charge in [0.1, 0.15) is 11.9 Å². The van der Waals surface area contributed by atoms with Crippen molar-refractivity contribution < 1.29 is 4.74 Å². The van der Waals surface area contributed by atoms with Crippen molar-refractivity contribution in [1.82, 2.24) is 15.7 Å². The summed E-state index contributed by atoms with van der Waals surface area (Å²) < 4.78 is 5.90. The van der Waals surface area contributed by atoms with Gasteiger partial charge in [0.25, 0.3) is 0 Å². The molecule has 2 aliphatic rings. The minimum atomic E-state index is -0.112. The smallest absolute Gasteiger partial charge is 0.187 e. The van der Waals surface area contributed by atoms with Crippen molar-refractivity contribution in [1.29, 1.82) is 0 Å². The van der Waals surface area contributed by atoms with Gasteiger partial charge in [-0.05, 0) is 36.3 Å². The van der Waals surface area contributed by atoms with E-state index in [9.17, 15) is 0 Å². The first-order valence-corrected chi connectivity index (χ1v) is 8.91. The number of hydrogen-bond donors (Lipinski definition) is 2. The van der Waals surface area contributed by atoms with Crippen molar-refractivity contribution in [2.45, 2.75) is 30.9 Å². The maximum Gasteiger partial charge on any atom is 0.187 e. The second-order valence-electron chi connectivity index (χ2n) is 5.65. The molecule has 3 rings (SSSR count). The summed E-state index contributed by atoms with van der Waals surface area (Å²) in [6, 6.07) is 3.86. The summed E-state index contributed by atoms with van der Waals surface area (Å²) in [7, 11) is 0. The van der Waals surface area contributed by atoms with Crippen LogP contribution in [0, 0.1) is 0 Å². The number of alkyl halides is 1. The average Bonchev–Trinajstić information content (AvgIpc) is 3.10. The highest BCUT2D eigenvalue weighted by Gasteiger charge is 2.24. The molecule has 2 heterocycles. The van der Waals surface area contributed by atoms with Gasteiger partial charge in [0.15, 0.2) is 5.11 Å². The predicted octanol–water partition coefficient (Wildman–Crippen LogP) is 3.20. The van der Waals surface area contributed by atoms with Gasteiger partial charge in [-0.25, -0.2) is 0 Å². The van der Waals surface area contributed by atoms with E-state index in [1.165, 1.54) is 0 Å². The zero-order valence-electron chi connectivity index (χ0n) is 13.6. The van der Waals surface area contributed by atoms with Crippen LogP contribution in [0.25, 0.3) is 0 Å². The number of allylic oxidation sites excluding steroid dienone is 4. The summed E-state index contributed by atoms with van der Waals surface area (Å²) in [6.45, 7) is 0.597. The number of hydrogen-bond acceptors (Lipinski definition) is 4. The molecule has 7 heteroatoms. The summed E-state index contributed by atoms with van der Waals surface area (Å²) in [5, 5.41) is 7.63. The number of ether oxygens (including phenoxy) is 1. The van der Waals surface area contributed by atoms with Crippen molar-refractivity contribution in [3.8, 4) is 0 Å². The SMILES string of the molecule is S=C(NCc1cccnc1)N/N=C/C1CC=C(C2=CC=CCC2Cl)O1. The molecule has 1 aromatic heterocycles. The summed E-state index contributed by atoms with van der Waals surface area (Å²) in [5.74, 6) is 0.845. The summed E-state index contributed by atoms with van der Waals surface area (Å²) in [4.78, 5) is 4.05. The lowest BCUT2D eigenvalue weighted by Crippen LogP contribution is -2.32. The number of halogens is 1. The molecule has 0 aromatic carbocycles. The van der Waals surface area contributed by atoms with E-state index in [1.54, 1.807) is 18.6 Å². The molecule has 0 radical (unpaired) electrons. The molecule has 2 unspecified atom stereocenters. The zero-order valence-corrected chi connectivity index (χ0v) is 15.1. The van der Waals surface area contributed by atoms with E-state index in [0.717, 1.165) is 29.7 Å². The van der Waals surface area contributed by atoms with Crippen LogP contribution in [0.15, 0.2) is 65.3 Å². The lowest BCUT2D eigenvalue weighted by molar-refractivity contribution is 0.207. The molecule has 2 N–H and O–H groups in total. The van der Waals surface area contributed by atoms with Crippen LogP contribution in [0.1, 0.15) is 18.4 Å². The molecule has 0 amide bonds. The molecule has 2 atom stereocenters. The highest BCUT2D eigenvalue weighted by molar-refractivity contribution is 7.80. The first-order valence-electron chi connectivity index (χ1n) is 8.06. The second kappa shape index (κ2) is 8.78. The largest absolute Gasteiger partial charge is 0.484 e. The Morgan fingerprint density at radius 1 is 1.48 bits per heavy atom. The molecule has 25 heavy (non-hydrogen) atoms. The van der Waals surface area contributed by atoms with Gasteiger partial charge in [-0.2, -0.15) is 5.10 Å². The van der Waals surface area contributed by atoms with Crippen molar-refractivity contribution in [3.63, 3.8) is 0 Å². The monoisotopic (exact) mass is 374 g/mol. The van der Waals surface area contributed by atoms with Crippen LogP contribution in [-0.2, 0) is 11.3 Å². The van der Waals surface area contributed by atoms with E-state index in [-0.39, 0.29) is 11.5 Å². The van der Waals surface area contributed by atoms with E-state index in [0.29, 0.717) is 11.7 Å². The van der Waals surface area contributed by atoms with Crippen molar-refractivity contribution in [2.75, 3.05) is 0 Å². The lowest BCUT2D eigenvalue weighted by Gasteiger charge is -2.17. The first kappa shape index (κ1) is 17.6. The molecule has 0 spiro atoms. The quantitative estimate of drug-likeness (QED) is 0.359. The Labute approximate surface area is 157 Å². The Balaban J connectivity index is 1.41. The maximum absolute atomic E-state index is 6.33. The van der Waals surface area contributed by atoms with Gasteiger partial charge in [-0.15, -0.1) is 11.6 Å². The van der Waals surface area contributed by atoms with Crippen LogP contribution in [0.5, 0.6) is 0 Å². The highest BCUT2D eigenvalue weighted by Crippen LogP contribution is 2.30. The topological polar surface area (TPSA) is 58.5 Å². The van der Waals surface area contributed by atoms with Gasteiger partial charge in [0, 0.05) is 30.9 Å². The minimum Gasteiger partial charge on any atom is -0.484 e.